The lowest BCUT2D eigenvalue weighted by atomic mass is 10.0. The Morgan fingerprint density at radius 2 is 2.06 bits per heavy atom. The van der Waals surface area contributed by atoms with Gasteiger partial charge in [0.1, 0.15) is 16.9 Å². The molecule has 0 saturated carbocycles. The van der Waals surface area contributed by atoms with E-state index >= 15 is 0 Å². The Morgan fingerprint density at radius 1 is 1.44 bits per heavy atom. The summed E-state index contributed by atoms with van der Waals surface area (Å²) in [7, 11) is 0. The summed E-state index contributed by atoms with van der Waals surface area (Å²) in [6.07, 6.45) is 1.65. The fourth-order valence-corrected chi connectivity index (χ4v) is 2.32. The summed E-state index contributed by atoms with van der Waals surface area (Å²) in [5.41, 5.74) is 0.499. The summed E-state index contributed by atoms with van der Waals surface area (Å²) in [6.45, 7) is 6.38. The maximum atomic E-state index is 8.91. The first-order valence-electron chi connectivity index (χ1n) is 5.43. The van der Waals surface area contributed by atoms with E-state index in [9.17, 15) is 0 Å². The largest absolute Gasteiger partial charge is 0.355 e. The van der Waals surface area contributed by atoms with E-state index in [1.165, 1.54) is 0 Å². The molecule has 4 heteroatoms. The average Bonchev–Trinajstić information content (AvgIpc) is 2.59. The Bertz CT molecular complexity index is 428. The molecule has 0 amide bonds. The van der Waals surface area contributed by atoms with Crippen LogP contribution in [0.4, 0.5) is 5.82 Å². The molecule has 1 saturated heterocycles. The predicted molar refractivity (Wildman–Crippen MR) is 64.5 cm³/mol. The van der Waals surface area contributed by atoms with Crippen molar-refractivity contribution in [3.63, 3.8) is 0 Å². The highest BCUT2D eigenvalue weighted by atomic mass is 35.5. The van der Waals surface area contributed by atoms with Gasteiger partial charge < -0.3 is 4.90 Å². The lowest BCUT2D eigenvalue weighted by molar-refractivity contribution is 0.494. The van der Waals surface area contributed by atoms with Crippen LogP contribution in [0.3, 0.4) is 0 Å². The Morgan fingerprint density at radius 3 is 2.62 bits per heavy atom. The molecule has 0 spiro atoms. The molecule has 0 N–H and O–H groups in total. The number of aromatic nitrogens is 1. The third-order valence-electron chi connectivity index (χ3n) is 3.28. The van der Waals surface area contributed by atoms with Gasteiger partial charge in [-0.05, 0) is 17.9 Å². The van der Waals surface area contributed by atoms with Gasteiger partial charge in [0.25, 0.3) is 0 Å². The molecule has 3 nitrogen and oxygen atoms in total. The van der Waals surface area contributed by atoms with Gasteiger partial charge in [-0.2, -0.15) is 5.26 Å². The highest BCUT2D eigenvalue weighted by Gasteiger charge is 2.28. The maximum absolute atomic E-state index is 8.91. The zero-order valence-corrected chi connectivity index (χ0v) is 10.2. The lowest BCUT2D eigenvalue weighted by Gasteiger charge is -2.18. The van der Waals surface area contributed by atoms with Crippen LogP contribution >= 0.6 is 11.6 Å². The number of pyridine rings is 1. The molecule has 0 aliphatic carbocycles. The zero-order valence-electron chi connectivity index (χ0n) is 9.44. The van der Waals surface area contributed by atoms with Crippen LogP contribution in [-0.4, -0.2) is 18.1 Å². The molecule has 2 unspecified atom stereocenters. The summed E-state index contributed by atoms with van der Waals surface area (Å²) in [4.78, 5) is 6.45. The van der Waals surface area contributed by atoms with Crippen LogP contribution in [0, 0.1) is 23.2 Å². The van der Waals surface area contributed by atoms with Gasteiger partial charge in [-0.3, -0.25) is 0 Å². The number of anilines is 1. The van der Waals surface area contributed by atoms with Crippen LogP contribution in [0.2, 0.25) is 5.02 Å². The molecular formula is C12H14ClN3. The molecule has 1 fully saturated rings. The van der Waals surface area contributed by atoms with Crippen LogP contribution < -0.4 is 4.90 Å². The SMILES string of the molecule is CC1CN(c2nccc(C#N)c2Cl)CC1C. The quantitative estimate of drug-likeness (QED) is 0.752. The molecule has 0 bridgehead atoms. The second kappa shape index (κ2) is 4.31. The minimum absolute atomic E-state index is 0.478. The number of hydrogen-bond acceptors (Lipinski definition) is 3. The third kappa shape index (κ3) is 1.85. The first kappa shape index (κ1) is 11.2. The molecular weight excluding hydrogens is 222 g/mol. The predicted octanol–water partition coefficient (Wildman–Crippen LogP) is 2.70. The van der Waals surface area contributed by atoms with E-state index in [0.717, 1.165) is 18.9 Å². The molecule has 0 aromatic carbocycles. The number of halogens is 1. The molecule has 2 heterocycles. The van der Waals surface area contributed by atoms with Gasteiger partial charge in [0, 0.05) is 19.3 Å². The number of nitriles is 1. The van der Waals surface area contributed by atoms with Crippen LogP contribution in [0.1, 0.15) is 19.4 Å². The van der Waals surface area contributed by atoms with Gasteiger partial charge in [-0.1, -0.05) is 25.4 Å². The Kier molecular flexibility index (Phi) is 3.02. The molecule has 1 aromatic heterocycles. The summed E-state index contributed by atoms with van der Waals surface area (Å²) in [5, 5.41) is 9.39. The van der Waals surface area contributed by atoms with E-state index in [0.29, 0.717) is 22.4 Å². The smallest absolute Gasteiger partial charge is 0.148 e. The highest BCUT2D eigenvalue weighted by Crippen LogP contribution is 2.32. The zero-order chi connectivity index (χ0) is 11.7. The van der Waals surface area contributed by atoms with Crippen molar-refractivity contribution in [1.82, 2.24) is 4.98 Å². The third-order valence-corrected chi connectivity index (χ3v) is 3.65. The minimum Gasteiger partial charge on any atom is -0.355 e. The van der Waals surface area contributed by atoms with Crippen molar-refractivity contribution in [1.29, 1.82) is 5.26 Å². The van der Waals surface area contributed by atoms with Gasteiger partial charge in [-0.25, -0.2) is 4.98 Å². The normalized spacial score (nSPS) is 24.5. The van der Waals surface area contributed by atoms with Crippen molar-refractivity contribution >= 4 is 17.4 Å². The van der Waals surface area contributed by atoms with Crippen molar-refractivity contribution in [3.8, 4) is 6.07 Å². The summed E-state index contributed by atoms with van der Waals surface area (Å²) in [5.74, 6) is 2.03. The van der Waals surface area contributed by atoms with Gasteiger partial charge in [0.2, 0.25) is 0 Å². The number of nitrogens with zero attached hydrogens (tertiary/aromatic N) is 3. The first-order chi connectivity index (χ1) is 7.63. The second-order valence-electron chi connectivity index (χ2n) is 4.47. The van der Waals surface area contributed by atoms with E-state index in [-0.39, 0.29) is 0 Å². The van der Waals surface area contributed by atoms with Crippen LogP contribution in [-0.2, 0) is 0 Å². The Balaban J connectivity index is 2.32. The molecule has 1 aliphatic rings. The minimum atomic E-state index is 0.478. The molecule has 2 atom stereocenters. The molecule has 16 heavy (non-hydrogen) atoms. The molecule has 0 radical (unpaired) electrons. The van der Waals surface area contributed by atoms with E-state index in [4.69, 9.17) is 16.9 Å². The van der Waals surface area contributed by atoms with Crippen molar-refractivity contribution in [2.45, 2.75) is 13.8 Å². The average molecular weight is 236 g/mol. The van der Waals surface area contributed by atoms with E-state index < -0.39 is 0 Å². The van der Waals surface area contributed by atoms with Crippen molar-refractivity contribution < 1.29 is 0 Å². The van der Waals surface area contributed by atoms with Crippen LogP contribution in [0.5, 0.6) is 0 Å². The fourth-order valence-electron chi connectivity index (χ4n) is 2.04. The van der Waals surface area contributed by atoms with E-state index in [1.807, 2.05) is 0 Å². The number of hydrogen-bond donors (Lipinski definition) is 0. The molecule has 1 aliphatic heterocycles. The topological polar surface area (TPSA) is 39.9 Å². The lowest BCUT2D eigenvalue weighted by Crippen LogP contribution is -2.21. The first-order valence-corrected chi connectivity index (χ1v) is 5.80. The molecule has 1 aromatic rings. The maximum Gasteiger partial charge on any atom is 0.148 e. The Labute approximate surface area is 101 Å². The highest BCUT2D eigenvalue weighted by molar-refractivity contribution is 6.34. The number of rotatable bonds is 1. The van der Waals surface area contributed by atoms with Gasteiger partial charge in [0.15, 0.2) is 0 Å². The van der Waals surface area contributed by atoms with Crippen molar-refractivity contribution in [3.05, 3.63) is 22.8 Å². The van der Waals surface area contributed by atoms with E-state index in [1.54, 1.807) is 12.3 Å². The Hall–Kier alpha value is -1.27. The van der Waals surface area contributed by atoms with Crippen LogP contribution in [0.15, 0.2) is 12.3 Å². The van der Waals surface area contributed by atoms with Crippen molar-refractivity contribution in [2.75, 3.05) is 18.0 Å². The summed E-state index contributed by atoms with van der Waals surface area (Å²) < 4.78 is 0. The van der Waals surface area contributed by atoms with E-state index in [2.05, 4.69) is 29.8 Å². The van der Waals surface area contributed by atoms with Crippen LogP contribution in [0.25, 0.3) is 0 Å². The van der Waals surface area contributed by atoms with Gasteiger partial charge in [0.05, 0.1) is 5.56 Å². The monoisotopic (exact) mass is 235 g/mol. The standard InChI is InChI=1S/C12H14ClN3/c1-8-6-16(7-9(8)2)12-11(13)10(5-14)3-4-15-12/h3-4,8-9H,6-7H2,1-2H3. The van der Waals surface area contributed by atoms with Crippen molar-refractivity contribution in [2.24, 2.45) is 11.8 Å². The summed E-state index contributed by atoms with van der Waals surface area (Å²) in [6, 6.07) is 3.73. The molecule has 2 rings (SSSR count). The molecule has 84 valence electrons. The second-order valence-corrected chi connectivity index (χ2v) is 4.85. The van der Waals surface area contributed by atoms with Gasteiger partial charge >= 0.3 is 0 Å². The summed E-state index contributed by atoms with van der Waals surface area (Å²) >= 11 is 6.16. The van der Waals surface area contributed by atoms with Gasteiger partial charge in [-0.15, -0.1) is 0 Å². The fraction of sp³-hybridized carbons (Fsp3) is 0.500.